The topological polar surface area (TPSA) is 50.3 Å². The lowest BCUT2D eigenvalue weighted by molar-refractivity contribution is 0.167. The van der Waals surface area contributed by atoms with Crippen LogP contribution in [0.5, 0.6) is 5.88 Å². The first kappa shape index (κ1) is 17.7. The lowest BCUT2D eigenvalue weighted by Gasteiger charge is -2.36. The summed E-state index contributed by atoms with van der Waals surface area (Å²) in [6, 6.07) is 11.6. The first-order chi connectivity index (χ1) is 12.1. The minimum atomic E-state index is 0.0887. The van der Waals surface area contributed by atoms with Crippen LogP contribution in [0.25, 0.3) is 0 Å². The minimum absolute atomic E-state index is 0.0887. The fourth-order valence-electron chi connectivity index (χ4n) is 3.30. The zero-order valence-corrected chi connectivity index (χ0v) is 15.4. The van der Waals surface area contributed by atoms with Crippen molar-refractivity contribution in [2.45, 2.75) is 51.8 Å². The van der Waals surface area contributed by atoms with Crippen LogP contribution in [0, 0.1) is 0 Å². The Morgan fingerprint density at radius 2 is 1.72 bits per heavy atom. The van der Waals surface area contributed by atoms with E-state index in [4.69, 9.17) is 4.74 Å². The van der Waals surface area contributed by atoms with Crippen molar-refractivity contribution in [2.75, 3.05) is 18.4 Å². The molecule has 2 heterocycles. The Labute approximate surface area is 150 Å². The number of hydrogen-bond acceptors (Lipinski definition) is 5. The summed E-state index contributed by atoms with van der Waals surface area (Å²) in [6.45, 7) is 8.45. The predicted octanol–water partition coefficient (Wildman–Crippen LogP) is 3.90. The van der Waals surface area contributed by atoms with Crippen LogP contribution < -0.4 is 10.1 Å². The number of anilines is 1. The Hall–Kier alpha value is -2.14. The molecule has 1 aliphatic rings. The third-order valence-corrected chi connectivity index (χ3v) is 4.71. The molecule has 1 aromatic carbocycles. The van der Waals surface area contributed by atoms with E-state index in [1.54, 1.807) is 12.4 Å². The van der Waals surface area contributed by atoms with E-state index in [1.165, 1.54) is 5.56 Å². The van der Waals surface area contributed by atoms with Crippen LogP contribution in [0.2, 0.25) is 0 Å². The number of likely N-dealkylation sites (tertiary alicyclic amines) is 1. The van der Waals surface area contributed by atoms with E-state index in [-0.39, 0.29) is 6.10 Å². The number of nitrogens with zero attached hydrogens (tertiary/aromatic N) is 3. The lowest BCUT2D eigenvalue weighted by Crippen LogP contribution is -2.40. The maximum Gasteiger partial charge on any atom is 0.257 e. The van der Waals surface area contributed by atoms with Gasteiger partial charge >= 0.3 is 0 Å². The van der Waals surface area contributed by atoms with E-state index in [9.17, 15) is 0 Å². The van der Waals surface area contributed by atoms with E-state index < -0.39 is 0 Å². The van der Waals surface area contributed by atoms with Gasteiger partial charge in [0.25, 0.3) is 5.88 Å². The van der Waals surface area contributed by atoms with Crippen molar-refractivity contribution < 1.29 is 4.74 Å². The van der Waals surface area contributed by atoms with Gasteiger partial charge in [0.05, 0.1) is 6.10 Å². The van der Waals surface area contributed by atoms with Gasteiger partial charge in [0.2, 0.25) is 0 Å². The summed E-state index contributed by atoms with van der Waals surface area (Å²) in [6.07, 6.45) is 5.66. The maximum atomic E-state index is 5.76. The Bertz CT molecular complexity index is 654. The molecule has 1 unspecified atom stereocenters. The molecule has 0 aliphatic carbocycles. The van der Waals surface area contributed by atoms with Gasteiger partial charge in [-0.3, -0.25) is 4.90 Å². The zero-order chi connectivity index (χ0) is 17.6. The molecule has 1 aliphatic heterocycles. The number of piperidine rings is 1. The first-order valence-corrected chi connectivity index (χ1v) is 9.16. The summed E-state index contributed by atoms with van der Waals surface area (Å²) in [5, 5.41) is 3.53. The van der Waals surface area contributed by atoms with E-state index >= 15 is 0 Å². The Balaban J connectivity index is 1.56. The standard InChI is InChI=1S/C20H28N4O/c1-15(2)25-20-19(21-11-12-22-20)23-18-9-13-24(14-10-18)16(3)17-7-5-4-6-8-17/h4-8,11-12,15-16,18H,9-10,13-14H2,1-3H3,(H,21,23). The van der Waals surface area contributed by atoms with Crippen LogP contribution in [0.3, 0.4) is 0 Å². The second-order valence-corrected chi connectivity index (χ2v) is 6.92. The highest BCUT2D eigenvalue weighted by Gasteiger charge is 2.24. The number of hydrogen-bond donors (Lipinski definition) is 1. The van der Waals surface area contributed by atoms with Crippen LogP contribution >= 0.6 is 0 Å². The van der Waals surface area contributed by atoms with Crippen LogP contribution in [0.15, 0.2) is 42.7 Å². The number of nitrogens with one attached hydrogen (secondary N) is 1. The summed E-state index contributed by atoms with van der Waals surface area (Å²) >= 11 is 0. The highest BCUT2D eigenvalue weighted by atomic mass is 16.5. The number of benzene rings is 1. The van der Waals surface area contributed by atoms with E-state index in [1.807, 2.05) is 13.8 Å². The van der Waals surface area contributed by atoms with Crippen molar-refractivity contribution in [1.29, 1.82) is 0 Å². The van der Waals surface area contributed by atoms with E-state index in [0.29, 0.717) is 18.0 Å². The van der Waals surface area contributed by atoms with Crippen LogP contribution in [0.4, 0.5) is 5.82 Å². The Morgan fingerprint density at radius 3 is 2.40 bits per heavy atom. The van der Waals surface area contributed by atoms with E-state index in [0.717, 1.165) is 31.7 Å². The van der Waals surface area contributed by atoms with Crippen molar-refractivity contribution in [3.05, 3.63) is 48.3 Å². The normalized spacial score (nSPS) is 17.4. The summed E-state index contributed by atoms with van der Waals surface area (Å²) in [5.74, 6) is 1.35. The molecule has 5 heteroatoms. The quantitative estimate of drug-likeness (QED) is 0.864. The monoisotopic (exact) mass is 340 g/mol. The molecular weight excluding hydrogens is 312 g/mol. The molecule has 134 valence electrons. The molecule has 1 fully saturated rings. The van der Waals surface area contributed by atoms with Gasteiger partial charge in [0.15, 0.2) is 5.82 Å². The molecule has 5 nitrogen and oxygen atoms in total. The molecule has 25 heavy (non-hydrogen) atoms. The summed E-state index contributed by atoms with van der Waals surface area (Å²) in [7, 11) is 0. The molecular formula is C20H28N4O. The minimum Gasteiger partial charge on any atom is -0.472 e. The molecule has 0 saturated carbocycles. The van der Waals surface area contributed by atoms with Gasteiger partial charge in [-0.15, -0.1) is 0 Å². The molecule has 1 saturated heterocycles. The van der Waals surface area contributed by atoms with Crippen molar-refractivity contribution in [3.8, 4) is 5.88 Å². The Morgan fingerprint density at radius 1 is 1.04 bits per heavy atom. The molecule has 0 amide bonds. The average molecular weight is 340 g/mol. The zero-order valence-electron chi connectivity index (χ0n) is 15.4. The average Bonchev–Trinajstić information content (AvgIpc) is 2.64. The van der Waals surface area contributed by atoms with Gasteiger partial charge in [-0.1, -0.05) is 30.3 Å². The molecule has 2 aromatic rings. The van der Waals surface area contributed by atoms with Gasteiger partial charge in [-0.05, 0) is 39.2 Å². The first-order valence-electron chi connectivity index (χ1n) is 9.16. The SMILES string of the molecule is CC(C)Oc1nccnc1NC1CCN(C(C)c2ccccc2)CC1. The van der Waals surface area contributed by atoms with Crippen LogP contribution in [-0.2, 0) is 0 Å². The molecule has 3 rings (SSSR count). The number of rotatable bonds is 6. The highest BCUT2D eigenvalue weighted by molar-refractivity contribution is 5.45. The lowest BCUT2D eigenvalue weighted by atomic mass is 10.0. The number of aromatic nitrogens is 2. The van der Waals surface area contributed by atoms with Gasteiger partial charge in [0, 0.05) is 37.6 Å². The highest BCUT2D eigenvalue weighted by Crippen LogP contribution is 2.27. The third-order valence-electron chi connectivity index (χ3n) is 4.71. The fourth-order valence-corrected chi connectivity index (χ4v) is 3.30. The van der Waals surface area contributed by atoms with E-state index in [2.05, 4.69) is 57.4 Å². The van der Waals surface area contributed by atoms with Gasteiger partial charge in [-0.25, -0.2) is 9.97 Å². The van der Waals surface area contributed by atoms with Crippen molar-refractivity contribution >= 4 is 5.82 Å². The second kappa shape index (κ2) is 8.30. The summed E-state index contributed by atoms with van der Waals surface area (Å²) in [4.78, 5) is 11.3. The van der Waals surface area contributed by atoms with Crippen LogP contribution in [-0.4, -0.2) is 40.1 Å². The predicted molar refractivity (Wildman–Crippen MR) is 101 cm³/mol. The van der Waals surface area contributed by atoms with Gasteiger partial charge in [0.1, 0.15) is 0 Å². The van der Waals surface area contributed by atoms with Gasteiger partial charge in [-0.2, -0.15) is 0 Å². The molecule has 0 radical (unpaired) electrons. The maximum absolute atomic E-state index is 5.76. The smallest absolute Gasteiger partial charge is 0.257 e. The Kier molecular flexibility index (Phi) is 5.87. The third kappa shape index (κ3) is 4.69. The number of ether oxygens (including phenoxy) is 1. The summed E-state index contributed by atoms with van der Waals surface area (Å²) < 4.78 is 5.76. The molecule has 0 bridgehead atoms. The van der Waals surface area contributed by atoms with Crippen LogP contribution in [0.1, 0.15) is 45.2 Å². The van der Waals surface area contributed by atoms with Crippen molar-refractivity contribution in [3.63, 3.8) is 0 Å². The molecule has 1 atom stereocenters. The fraction of sp³-hybridized carbons (Fsp3) is 0.500. The second-order valence-electron chi connectivity index (χ2n) is 6.92. The molecule has 0 spiro atoms. The van der Waals surface area contributed by atoms with Crippen molar-refractivity contribution in [2.24, 2.45) is 0 Å². The largest absolute Gasteiger partial charge is 0.472 e. The van der Waals surface area contributed by atoms with Gasteiger partial charge < -0.3 is 10.1 Å². The van der Waals surface area contributed by atoms with Crippen molar-refractivity contribution in [1.82, 2.24) is 14.9 Å². The summed E-state index contributed by atoms with van der Waals surface area (Å²) in [5.41, 5.74) is 1.38. The molecule has 1 aromatic heterocycles. The molecule has 1 N–H and O–H groups in total.